The Morgan fingerprint density at radius 2 is 2.00 bits per heavy atom. The van der Waals surface area contributed by atoms with Gasteiger partial charge in [-0.25, -0.2) is 9.97 Å². The number of fused-ring (bicyclic) bond motifs is 2. The highest BCUT2D eigenvalue weighted by atomic mass is 16.1. The number of nitrogens with two attached hydrogens (primary N) is 2. The molecule has 3 heterocycles. The topological polar surface area (TPSA) is 123 Å². The number of hydrogen-bond acceptors (Lipinski definition) is 5. The van der Waals surface area contributed by atoms with Crippen LogP contribution in [0.4, 0.5) is 17.3 Å². The molecule has 0 spiro atoms. The van der Waals surface area contributed by atoms with E-state index in [9.17, 15) is 4.79 Å². The molecule has 0 bridgehead atoms. The van der Waals surface area contributed by atoms with Crippen LogP contribution < -0.4 is 21.7 Å². The molecule has 0 radical (unpaired) electrons. The maximum Gasteiger partial charge on any atom is 0.259 e. The zero-order chi connectivity index (χ0) is 18.8. The molecule has 1 amide bonds. The zero-order valence-electron chi connectivity index (χ0n) is 15.1. The molecule has 1 fully saturated rings. The Labute approximate surface area is 157 Å². The predicted octanol–water partition coefficient (Wildman–Crippen LogP) is 1.94. The third-order valence-corrected chi connectivity index (χ3v) is 4.80. The molecule has 8 heteroatoms. The lowest BCUT2D eigenvalue weighted by atomic mass is 10.1. The number of pyridine rings is 2. The molecule has 0 saturated heterocycles. The summed E-state index contributed by atoms with van der Waals surface area (Å²) in [6.45, 7) is 0.603. The van der Waals surface area contributed by atoms with E-state index in [4.69, 9.17) is 11.5 Å². The zero-order valence-corrected chi connectivity index (χ0v) is 15.1. The van der Waals surface area contributed by atoms with Crippen LogP contribution in [0.15, 0.2) is 35.6 Å². The number of amides is 1. The summed E-state index contributed by atoms with van der Waals surface area (Å²) < 4.78 is 0. The lowest BCUT2D eigenvalue weighted by Crippen LogP contribution is -2.23. The van der Waals surface area contributed by atoms with Crippen molar-refractivity contribution in [3.8, 4) is 0 Å². The summed E-state index contributed by atoms with van der Waals surface area (Å²) in [5, 5.41) is 3.07. The van der Waals surface area contributed by atoms with Gasteiger partial charge in [0.2, 0.25) is 0 Å². The van der Waals surface area contributed by atoms with Gasteiger partial charge in [0.15, 0.2) is 11.8 Å². The summed E-state index contributed by atoms with van der Waals surface area (Å²) in [5.74, 6) is 1.45. The summed E-state index contributed by atoms with van der Waals surface area (Å²) in [6.07, 6.45) is 8.28. The first-order valence-corrected chi connectivity index (χ1v) is 9.24. The quantitative estimate of drug-likeness (QED) is 0.408. The Morgan fingerprint density at radius 1 is 1.19 bits per heavy atom. The normalized spacial score (nSPS) is 15.4. The molecule has 0 aromatic carbocycles. The number of nitrogens with one attached hydrogen (secondary N) is 1. The molecule has 0 atom stereocenters. The molecule has 1 aliphatic heterocycles. The van der Waals surface area contributed by atoms with Crippen molar-refractivity contribution >= 4 is 29.2 Å². The highest BCUT2D eigenvalue weighted by Gasteiger charge is 2.38. The van der Waals surface area contributed by atoms with Crippen LogP contribution in [0, 0.1) is 0 Å². The number of nitrogens with zero attached hydrogens (tertiary/aromatic N) is 4. The number of anilines is 3. The number of carbonyl (C=O) groups is 1. The monoisotopic (exact) mass is 365 g/mol. The molecule has 4 rings (SSSR count). The summed E-state index contributed by atoms with van der Waals surface area (Å²) in [7, 11) is 0. The van der Waals surface area contributed by atoms with Crippen molar-refractivity contribution in [2.45, 2.75) is 38.1 Å². The van der Waals surface area contributed by atoms with Gasteiger partial charge in [-0.05, 0) is 55.9 Å². The van der Waals surface area contributed by atoms with Gasteiger partial charge in [-0.15, -0.1) is 0 Å². The summed E-state index contributed by atoms with van der Waals surface area (Å²) in [5.41, 5.74) is 13.2. The minimum absolute atomic E-state index is 0.116. The van der Waals surface area contributed by atoms with E-state index in [0.29, 0.717) is 24.0 Å². The second-order valence-corrected chi connectivity index (χ2v) is 6.86. The van der Waals surface area contributed by atoms with Gasteiger partial charge in [0.05, 0.1) is 11.3 Å². The average Bonchev–Trinajstić information content (AvgIpc) is 3.49. The standard InChI is InChI=1S/C19H23N7O/c20-19(21)24-9-2-1-4-12-8-11-23-17-15(12)25-18(27)14-5-3-10-22-16(14)26(17)13-6-7-13/h3,5,8,10-11,13H,1-2,4,6-7,9H2,(H,25,27)(H4,20,21,24). The summed E-state index contributed by atoms with van der Waals surface area (Å²) in [4.78, 5) is 28.0. The summed E-state index contributed by atoms with van der Waals surface area (Å²) in [6, 6.07) is 5.91. The van der Waals surface area contributed by atoms with Gasteiger partial charge in [-0.2, -0.15) is 0 Å². The number of carbonyl (C=O) groups excluding carboxylic acids is 1. The first-order valence-electron chi connectivity index (χ1n) is 9.24. The second kappa shape index (κ2) is 7.22. The molecule has 1 aliphatic carbocycles. The lowest BCUT2D eigenvalue weighted by molar-refractivity contribution is 0.102. The van der Waals surface area contributed by atoms with Crippen LogP contribution >= 0.6 is 0 Å². The van der Waals surface area contributed by atoms with Crippen molar-refractivity contribution in [2.24, 2.45) is 16.5 Å². The molecule has 140 valence electrons. The van der Waals surface area contributed by atoms with E-state index in [1.807, 2.05) is 12.1 Å². The SMILES string of the molecule is NC(N)=NCCCCc1ccnc2c1NC(=O)c1cccnc1N2C1CC1. The third-order valence-electron chi connectivity index (χ3n) is 4.80. The van der Waals surface area contributed by atoms with Crippen molar-refractivity contribution in [3.63, 3.8) is 0 Å². The number of aliphatic imine (C=N–C) groups is 1. The van der Waals surface area contributed by atoms with Gasteiger partial charge in [0, 0.05) is 25.0 Å². The Kier molecular flexibility index (Phi) is 4.62. The van der Waals surface area contributed by atoms with E-state index in [0.717, 1.165) is 49.2 Å². The first kappa shape index (κ1) is 17.3. The fraction of sp³-hybridized carbons (Fsp3) is 0.368. The van der Waals surface area contributed by atoms with Crippen LogP contribution in [-0.4, -0.2) is 34.4 Å². The van der Waals surface area contributed by atoms with Crippen molar-refractivity contribution in [3.05, 3.63) is 41.7 Å². The molecule has 5 N–H and O–H groups in total. The first-order chi connectivity index (χ1) is 13.1. The van der Waals surface area contributed by atoms with Crippen LogP contribution in [0.2, 0.25) is 0 Å². The van der Waals surface area contributed by atoms with Crippen molar-refractivity contribution in [2.75, 3.05) is 16.8 Å². The second-order valence-electron chi connectivity index (χ2n) is 6.86. The van der Waals surface area contributed by atoms with E-state index in [-0.39, 0.29) is 11.9 Å². The Morgan fingerprint density at radius 3 is 2.78 bits per heavy atom. The highest BCUT2D eigenvalue weighted by Crippen LogP contribution is 2.43. The van der Waals surface area contributed by atoms with E-state index in [2.05, 4.69) is 25.2 Å². The van der Waals surface area contributed by atoms with Gasteiger partial charge >= 0.3 is 0 Å². The minimum atomic E-state index is -0.141. The molecule has 2 aliphatic rings. The Hall–Kier alpha value is -3.16. The fourth-order valence-electron chi connectivity index (χ4n) is 3.38. The fourth-order valence-corrected chi connectivity index (χ4v) is 3.38. The number of guanidine groups is 1. The Bertz CT molecular complexity index is 887. The van der Waals surface area contributed by atoms with Gasteiger partial charge < -0.3 is 21.7 Å². The van der Waals surface area contributed by atoms with E-state index in [1.165, 1.54) is 0 Å². The molecule has 2 aromatic heterocycles. The van der Waals surface area contributed by atoms with Gasteiger partial charge in [0.25, 0.3) is 5.91 Å². The summed E-state index contributed by atoms with van der Waals surface area (Å²) >= 11 is 0. The van der Waals surface area contributed by atoms with Crippen molar-refractivity contribution in [1.82, 2.24) is 9.97 Å². The third kappa shape index (κ3) is 3.55. The van der Waals surface area contributed by atoms with Crippen LogP contribution in [0.5, 0.6) is 0 Å². The number of hydrogen-bond donors (Lipinski definition) is 3. The number of aryl methyl sites for hydroxylation is 1. The molecule has 2 aromatic rings. The largest absolute Gasteiger partial charge is 0.370 e. The maximum atomic E-state index is 12.8. The van der Waals surface area contributed by atoms with Crippen molar-refractivity contribution < 1.29 is 4.79 Å². The maximum absolute atomic E-state index is 12.8. The molecule has 0 unspecified atom stereocenters. The van der Waals surface area contributed by atoms with Crippen molar-refractivity contribution in [1.29, 1.82) is 0 Å². The van der Waals surface area contributed by atoms with Crippen LogP contribution in [0.25, 0.3) is 0 Å². The van der Waals surface area contributed by atoms with Gasteiger partial charge in [0.1, 0.15) is 5.82 Å². The van der Waals surface area contributed by atoms with Crippen LogP contribution in [-0.2, 0) is 6.42 Å². The number of unbranched alkanes of at least 4 members (excludes halogenated alkanes) is 1. The number of aromatic nitrogens is 2. The van der Waals surface area contributed by atoms with Gasteiger partial charge in [-0.1, -0.05) is 0 Å². The smallest absolute Gasteiger partial charge is 0.259 e. The lowest BCUT2D eigenvalue weighted by Gasteiger charge is -2.24. The molecule has 1 saturated carbocycles. The number of rotatable bonds is 6. The predicted molar refractivity (Wildman–Crippen MR) is 105 cm³/mol. The van der Waals surface area contributed by atoms with Crippen LogP contribution in [0.3, 0.4) is 0 Å². The molecular weight excluding hydrogens is 342 g/mol. The van der Waals surface area contributed by atoms with E-state index < -0.39 is 0 Å². The Balaban J connectivity index is 1.64. The molecular formula is C19H23N7O. The van der Waals surface area contributed by atoms with Gasteiger partial charge in [-0.3, -0.25) is 9.79 Å². The molecule has 8 nitrogen and oxygen atoms in total. The minimum Gasteiger partial charge on any atom is -0.370 e. The highest BCUT2D eigenvalue weighted by molar-refractivity contribution is 6.12. The van der Waals surface area contributed by atoms with E-state index in [1.54, 1.807) is 18.5 Å². The van der Waals surface area contributed by atoms with Crippen LogP contribution in [0.1, 0.15) is 41.6 Å². The van der Waals surface area contributed by atoms with E-state index >= 15 is 0 Å². The molecule has 27 heavy (non-hydrogen) atoms. The average molecular weight is 365 g/mol.